The first kappa shape index (κ1) is 16.4. The van der Waals surface area contributed by atoms with Crippen molar-refractivity contribution in [2.24, 2.45) is 11.7 Å². The van der Waals surface area contributed by atoms with Gasteiger partial charge in [-0.05, 0) is 45.6 Å². The van der Waals surface area contributed by atoms with E-state index in [1.165, 1.54) is 0 Å². The highest BCUT2D eigenvalue weighted by atomic mass is 16.3. The lowest BCUT2D eigenvalue weighted by Gasteiger charge is -2.33. The molecule has 0 saturated carbocycles. The third-order valence-corrected chi connectivity index (χ3v) is 4.18. The fraction of sp³-hybridized carbons (Fsp3) is 0.625. The van der Waals surface area contributed by atoms with E-state index in [-0.39, 0.29) is 23.9 Å². The molecule has 2 rings (SSSR count). The zero-order valence-electron chi connectivity index (χ0n) is 13.5. The molecule has 1 aliphatic rings. The Labute approximate surface area is 131 Å². The Hall–Kier alpha value is -1.98. The summed E-state index contributed by atoms with van der Waals surface area (Å²) in [6.45, 7) is 7.04. The molecule has 1 aromatic heterocycles. The van der Waals surface area contributed by atoms with Gasteiger partial charge in [0.1, 0.15) is 11.5 Å². The highest BCUT2D eigenvalue weighted by Gasteiger charge is 2.26. The molecule has 0 aliphatic carbocycles. The topological polar surface area (TPSA) is 88.6 Å². The van der Waals surface area contributed by atoms with Crippen LogP contribution in [0.1, 0.15) is 49.3 Å². The fourth-order valence-corrected chi connectivity index (χ4v) is 3.14. The van der Waals surface area contributed by atoms with Crippen LogP contribution in [0, 0.1) is 19.8 Å². The summed E-state index contributed by atoms with van der Waals surface area (Å²) in [7, 11) is 0. The molecule has 2 heterocycles. The van der Waals surface area contributed by atoms with E-state index in [4.69, 9.17) is 10.2 Å². The van der Waals surface area contributed by atoms with Gasteiger partial charge in [0.25, 0.3) is 0 Å². The molecule has 1 aliphatic heterocycles. The van der Waals surface area contributed by atoms with Crippen molar-refractivity contribution >= 4 is 11.9 Å². The van der Waals surface area contributed by atoms with Crippen molar-refractivity contribution in [3.05, 3.63) is 23.2 Å². The predicted molar refractivity (Wildman–Crippen MR) is 83.2 cm³/mol. The number of carbonyl (C=O) groups is 2. The van der Waals surface area contributed by atoms with Crippen molar-refractivity contribution in [2.45, 2.75) is 46.1 Å². The van der Waals surface area contributed by atoms with E-state index < -0.39 is 0 Å². The number of nitrogens with one attached hydrogen (secondary N) is 1. The second-order valence-electron chi connectivity index (χ2n) is 6.16. The maximum absolute atomic E-state index is 12.4. The predicted octanol–water partition coefficient (Wildman–Crippen LogP) is 2.25. The molecule has 22 heavy (non-hydrogen) atoms. The van der Waals surface area contributed by atoms with Crippen LogP contribution in [0.4, 0.5) is 4.79 Å². The van der Waals surface area contributed by atoms with E-state index >= 15 is 0 Å². The number of nitrogens with two attached hydrogens (primary N) is 1. The van der Waals surface area contributed by atoms with Crippen LogP contribution in [0.25, 0.3) is 0 Å². The summed E-state index contributed by atoms with van der Waals surface area (Å²) in [5.74, 6) is 1.54. The van der Waals surface area contributed by atoms with Crippen molar-refractivity contribution in [1.82, 2.24) is 10.2 Å². The van der Waals surface area contributed by atoms with E-state index in [1.807, 2.05) is 26.8 Å². The van der Waals surface area contributed by atoms with Crippen LogP contribution in [0.3, 0.4) is 0 Å². The van der Waals surface area contributed by atoms with Crippen molar-refractivity contribution < 1.29 is 14.0 Å². The molecule has 6 heteroatoms. The largest absolute Gasteiger partial charge is 0.466 e. The maximum Gasteiger partial charge on any atom is 0.317 e. The standard InChI is InChI=1S/C16H25N3O3/c1-10-7-14(12(3)22-10)11(2)18-16(21)19-6-4-5-13(9-19)8-15(17)20/h7,11,13H,4-6,8-9H2,1-3H3,(H2,17,20)(H,18,21). The van der Waals surface area contributed by atoms with Crippen molar-refractivity contribution in [3.8, 4) is 0 Å². The first-order valence-corrected chi connectivity index (χ1v) is 7.77. The zero-order valence-corrected chi connectivity index (χ0v) is 13.5. The molecule has 122 valence electrons. The van der Waals surface area contributed by atoms with E-state index in [0.717, 1.165) is 36.5 Å². The van der Waals surface area contributed by atoms with Crippen LogP contribution in [0.2, 0.25) is 0 Å². The Kier molecular flexibility index (Phi) is 5.11. The normalized spacial score (nSPS) is 19.8. The van der Waals surface area contributed by atoms with Crippen LogP contribution in [-0.2, 0) is 4.79 Å². The molecule has 1 fully saturated rings. The summed E-state index contributed by atoms with van der Waals surface area (Å²) < 4.78 is 5.51. The van der Waals surface area contributed by atoms with Gasteiger partial charge in [-0.3, -0.25) is 4.79 Å². The quantitative estimate of drug-likeness (QED) is 0.894. The van der Waals surface area contributed by atoms with Gasteiger partial charge in [-0.25, -0.2) is 4.79 Å². The summed E-state index contributed by atoms with van der Waals surface area (Å²) in [6, 6.07) is 1.74. The van der Waals surface area contributed by atoms with Gasteiger partial charge in [0.05, 0.1) is 6.04 Å². The van der Waals surface area contributed by atoms with Crippen LogP contribution < -0.4 is 11.1 Å². The van der Waals surface area contributed by atoms with Gasteiger partial charge < -0.3 is 20.4 Å². The molecule has 0 bridgehead atoms. The summed E-state index contributed by atoms with van der Waals surface area (Å²) in [5, 5.41) is 3.00. The molecule has 1 aromatic rings. The maximum atomic E-state index is 12.4. The van der Waals surface area contributed by atoms with Crippen LogP contribution in [0.15, 0.2) is 10.5 Å². The molecule has 3 amide bonds. The lowest BCUT2D eigenvalue weighted by molar-refractivity contribution is -0.119. The molecule has 0 spiro atoms. The Morgan fingerprint density at radius 3 is 2.82 bits per heavy atom. The lowest BCUT2D eigenvalue weighted by Crippen LogP contribution is -2.46. The third-order valence-electron chi connectivity index (χ3n) is 4.18. The summed E-state index contributed by atoms with van der Waals surface area (Å²) >= 11 is 0. The van der Waals surface area contributed by atoms with Gasteiger partial charge in [-0.15, -0.1) is 0 Å². The summed E-state index contributed by atoms with van der Waals surface area (Å²) in [4.78, 5) is 25.2. The Bertz CT molecular complexity index is 553. The SMILES string of the molecule is Cc1cc(C(C)NC(=O)N2CCCC(CC(N)=O)C2)c(C)o1. The Morgan fingerprint density at radius 2 is 2.23 bits per heavy atom. The van der Waals surface area contributed by atoms with E-state index in [1.54, 1.807) is 4.90 Å². The van der Waals surface area contributed by atoms with E-state index in [2.05, 4.69) is 5.32 Å². The molecule has 2 atom stereocenters. The van der Waals surface area contributed by atoms with Crippen molar-refractivity contribution in [1.29, 1.82) is 0 Å². The number of hydrogen-bond acceptors (Lipinski definition) is 3. The van der Waals surface area contributed by atoms with E-state index in [9.17, 15) is 9.59 Å². The van der Waals surface area contributed by atoms with Crippen LogP contribution >= 0.6 is 0 Å². The first-order chi connectivity index (χ1) is 10.4. The van der Waals surface area contributed by atoms with Gasteiger partial charge in [0, 0.05) is 25.1 Å². The zero-order chi connectivity index (χ0) is 16.3. The van der Waals surface area contributed by atoms with Gasteiger partial charge in [-0.1, -0.05) is 0 Å². The molecular weight excluding hydrogens is 282 g/mol. The number of carbonyl (C=O) groups excluding carboxylic acids is 2. The Balaban J connectivity index is 1.93. The molecular formula is C16H25N3O3. The minimum absolute atomic E-state index is 0.0973. The molecule has 0 aromatic carbocycles. The number of primary amides is 1. The average Bonchev–Trinajstić information content (AvgIpc) is 2.77. The average molecular weight is 307 g/mol. The molecule has 3 N–H and O–H groups in total. The van der Waals surface area contributed by atoms with Gasteiger partial charge in [-0.2, -0.15) is 0 Å². The monoisotopic (exact) mass is 307 g/mol. The number of furan rings is 1. The van der Waals surface area contributed by atoms with Gasteiger partial charge in [0.15, 0.2) is 0 Å². The van der Waals surface area contributed by atoms with Crippen molar-refractivity contribution in [3.63, 3.8) is 0 Å². The Morgan fingerprint density at radius 1 is 1.50 bits per heavy atom. The molecule has 6 nitrogen and oxygen atoms in total. The molecule has 1 saturated heterocycles. The number of rotatable bonds is 4. The lowest BCUT2D eigenvalue weighted by atomic mass is 9.95. The molecule has 0 radical (unpaired) electrons. The van der Waals surface area contributed by atoms with E-state index in [0.29, 0.717) is 13.0 Å². The fourth-order valence-electron chi connectivity index (χ4n) is 3.14. The van der Waals surface area contributed by atoms with Gasteiger partial charge in [0.2, 0.25) is 5.91 Å². The minimum Gasteiger partial charge on any atom is -0.466 e. The summed E-state index contributed by atoms with van der Waals surface area (Å²) in [6.07, 6.45) is 2.20. The van der Waals surface area contributed by atoms with Crippen molar-refractivity contribution in [2.75, 3.05) is 13.1 Å². The molecule has 2 unspecified atom stereocenters. The number of piperidine rings is 1. The second-order valence-corrected chi connectivity index (χ2v) is 6.16. The number of aryl methyl sites for hydroxylation is 2. The highest BCUT2D eigenvalue weighted by molar-refractivity contribution is 5.76. The van der Waals surface area contributed by atoms with Gasteiger partial charge >= 0.3 is 6.03 Å². The summed E-state index contributed by atoms with van der Waals surface area (Å²) in [5.41, 5.74) is 6.25. The van der Waals surface area contributed by atoms with Crippen LogP contribution in [0.5, 0.6) is 0 Å². The number of hydrogen-bond donors (Lipinski definition) is 2. The highest BCUT2D eigenvalue weighted by Crippen LogP contribution is 2.23. The first-order valence-electron chi connectivity index (χ1n) is 7.77. The smallest absolute Gasteiger partial charge is 0.317 e. The second kappa shape index (κ2) is 6.85. The van der Waals surface area contributed by atoms with Crippen LogP contribution in [-0.4, -0.2) is 29.9 Å². The number of urea groups is 1. The minimum atomic E-state index is -0.301. The third kappa shape index (κ3) is 4.02. The number of likely N-dealkylation sites (tertiary alicyclic amines) is 1. The number of amides is 3. The number of nitrogens with zero attached hydrogens (tertiary/aromatic N) is 1.